The Morgan fingerprint density at radius 1 is 1.19 bits per heavy atom. The van der Waals surface area contributed by atoms with Gasteiger partial charge in [0.1, 0.15) is 11.6 Å². The van der Waals surface area contributed by atoms with Crippen molar-refractivity contribution in [2.24, 2.45) is 5.84 Å². The number of rotatable bonds is 4. The lowest BCUT2D eigenvalue weighted by Gasteiger charge is -2.16. The number of benzene rings is 1. The van der Waals surface area contributed by atoms with Gasteiger partial charge in [0.2, 0.25) is 11.9 Å². The van der Waals surface area contributed by atoms with E-state index >= 15 is 0 Å². The quantitative estimate of drug-likeness (QED) is 0.654. The summed E-state index contributed by atoms with van der Waals surface area (Å²) >= 11 is 0. The standard InChI is InChI=1S/C13H15FN6O/c14-9-4-3-5-10(8-9)21-13-17-11(19-15)16-12(18-13)20-6-1-2-7-20/h3-5,8H,1-2,6-7,15H2,(H,16,17,18,19). The Balaban J connectivity index is 1.88. The van der Waals surface area contributed by atoms with Crippen LogP contribution in [-0.4, -0.2) is 28.0 Å². The Kier molecular flexibility index (Phi) is 3.78. The molecule has 0 unspecified atom stereocenters. The number of hydrogen-bond donors (Lipinski definition) is 2. The van der Waals surface area contributed by atoms with E-state index in [0.29, 0.717) is 11.7 Å². The summed E-state index contributed by atoms with van der Waals surface area (Å²) in [6, 6.07) is 5.84. The van der Waals surface area contributed by atoms with E-state index in [2.05, 4.69) is 20.4 Å². The van der Waals surface area contributed by atoms with Gasteiger partial charge in [0.25, 0.3) is 0 Å². The minimum atomic E-state index is -0.390. The number of nitrogens with one attached hydrogen (secondary N) is 1. The fraction of sp³-hybridized carbons (Fsp3) is 0.308. The highest BCUT2D eigenvalue weighted by Crippen LogP contribution is 2.23. The zero-order valence-corrected chi connectivity index (χ0v) is 11.3. The maximum atomic E-state index is 13.2. The van der Waals surface area contributed by atoms with Crippen molar-refractivity contribution >= 4 is 11.9 Å². The number of nitrogens with two attached hydrogens (primary N) is 1. The average Bonchev–Trinajstić information content (AvgIpc) is 3.01. The maximum absolute atomic E-state index is 13.2. The molecular formula is C13H15FN6O. The van der Waals surface area contributed by atoms with Crippen molar-refractivity contribution in [1.82, 2.24) is 15.0 Å². The topological polar surface area (TPSA) is 89.2 Å². The molecule has 1 aliphatic rings. The van der Waals surface area contributed by atoms with Crippen LogP contribution in [0.5, 0.6) is 11.8 Å². The highest BCUT2D eigenvalue weighted by atomic mass is 19.1. The third-order valence-electron chi connectivity index (χ3n) is 3.13. The molecule has 0 atom stereocenters. The molecule has 2 aromatic rings. The van der Waals surface area contributed by atoms with Crippen molar-refractivity contribution in [3.8, 4) is 11.8 Å². The molecular weight excluding hydrogens is 275 g/mol. The fourth-order valence-corrected chi connectivity index (χ4v) is 2.15. The van der Waals surface area contributed by atoms with Crippen LogP contribution in [0.25, 0.3) is 0 Å². The molecule has 21 heavy (non-hydrogen) atoms. The molecule has 3 rings (SSSR count). The Bertz CT molecular complexity index is 632. The molecule has 0 bridgehead atoms. The molecule has 0 radical (unpaired) electrons. The third-order valence-corrected chi connectivity index (χ3v) is 3.13. The first kappa shape index (κ1) is 13.5. The Labute approximate surface area is 121 Å². The molecule has 1 aliphatic heterocycles. The van der Waals surface area contributed by atoms with Crippen LogP contribution in [0.2, 0.25) is 0 Å². The highest BCUT2D eigenvalue weighted by molar-refractivity contribution is 5.39. The summed E-state index contributed by atoms with van der Waals surface area (Å²) in [5.41, 5.74) is 2.39. The second-order valence-electron chi connectivity index (χ2n) is 4.64. The summed E-state index contributed by atoms with van der Waals surface area (Å²) in [6.45, 7) is 1.76. The minimum Gasteiger partial charge on any atom is -0.424 e. The van der Waals surface area contributed by atoms with Crippen LogP contribution in [0.15, 0.2) is 24.3 Å². The lowest BCUT2D eigenvalue weighted by Crippen LogP contribution is -2.22. The Morgan fingerprint density at radius 2 is 2.00 bits per heavy atom. The number of nitrogen functional groups attached to an aromatic ring is 1. The van der Waals surface area contributed by atoms with E-state index in [1.165, 1.54) is 12.1 Å². The number of anilines is 2. The van der Waals surface area contributed by atoms with Crippen LogP contribution in [0.1, 0.15) is 12.8 Å². The van der Waals surface area contributed by atoms with E-state index in [1.807, 2.05) is 4.90 Å². The Hall–Kier alpha value is -2.48. The minimum absolute atomic E-state index is 0.0745. The van der Waals surface area contributed by atoms with Crippen molar-refractivity contribution in [3.05, 3.63) is 30.1 Å². The molecule has 8 heteroatoms. The van der Waals surface area contributed by atoms with E-state index < -0.39 is 5.82 Å². The zero-order chi connectivity index (χ0) is 14.7. The molecule has 3 N–H and O–H groups in total. The van der Waals surface area contributed by atoms with Gasteiger partial charge in [-0.1, -0.05) is 6.07 Å². The molecule has 2 heterocycles. The number of hydrazine groups is 1. The smallest absolute Gasteiger partial charge is 0.328 e. The SMILES string of the molecule is NNc1nc(Oc2cccc(F)c2)nc(N2CCCC2)n1. The highest BCUT2D eigenvalue weighted by Gasteiger charge is 2.18. The van der Waals surface area contributed by atoms with Gasteiger partial charge in [-0.15, -0.1) is 0 Å². The molecule has 110 valence electrons. The number of nitrogens with zero attached hydrogens (tertiary/aromatic N) is 4. The van der Waals surface area contributed by atoms with Crippen molar-refractivity contribution in [2.75, 3.05) is 23.4 Å². The van der Waals surface area contributed by atoms with Gasteiger partial charge >= 0.3 is 6.01 Å². The molecule has 1 aromatic heterocycles. The van der Waals surface area contributed by atoms with Crippen LogP contribution in [0, 0.1) is 5.82 Å². The lowest BCUT2D eigenvalue weighted by atomic mass is 10.3. The molecule has 7 nitrogen and oxygen atoms in total. The van der Waals surface area contributed by atoms with Crippen molar-refractivity contribution in [1.29, 1.82) is 0 Å². The second kappa shape index (κ2) is 5.88. The monoisotopic (exact) mass is 290 g/mol. The van der Waals surface area contributed by atoms with Crippen molar-refractivity contribution < 1.29 is 9.13 Å². The van der Waals surface area contributed by atoms with Gasteiger partial charge in [0.05, 0.1) is 0 Å². The van der Waals surface area contributed by atoms with E-state index in [4.69, 9.17) is 10.6 Å². The van der Waals surface area contributed by atoms with Crippen molar-refractivity contribution in [2.45, 2.75) is 12.8 Å². The van der Waals surface area contributed by atoms with E-state index in [9.17, 15) is 4.39 Å². The summed E-state index contributed by atoms with van der Waals surface area (Å²) in [5, 5.41) is 0. The summed E-state index contributed by atoms with van der Waals surface area (Å²) in [4.78, 5) is 14.5. The summed E-state index contributed by atoms with van der Waals surface area (Å²) < 4.78 is 18.6. The molecule has 0 aliphatic carbocycles. The van der Waals surface area contributed by atoms with Gasteiger partial charge in [0.15, 0.2) is 0 Å². The van der Waals surface area contributed by atoms with E-state index in [-0.39, 0.29) is 12.0 Å². The summed E-state index contributed by atoms with van der Waals surface area (Å²) in [7, 11) is 0. The summed E-state index contributed by atoms with van der Waals surface area (Å²) in [5.74, 6) is 6.00. The predicted octanol–water partition coefficient (Wildman–Crippen LogP) is 1.69. The van der Waals surface area contributed by atoms with E-state index in [1.54, 1.807) is 12.1 Å². The van der Waals surface area contributed by atoms with Crippen LogP contribution >= 0.6 is 0 Å². The predicted molar refractivity (Wildman–Crippen MR) is 75.6 cm³/mol. The molecule has 0 saturated carbocycles. The molecule has 1 saturated heterocycles. The molecule has 1 aromatic carbocycles. The average molecular weight is 290 g/mol. The number of hydrogen-bond acceptors (Lipinski definition) is 7. The maximum Gasteiger partial charge on any atom is 0.328 e. The van der Waals surface area contributed by atoms with Crippen LogP contribution in [0.3, 0.4) is 0 Å². The van der Waals surface area contributed by atoms with Gasteiger partial charge in [-0.3, -0.25) is 5.43 Å². The normalized spacial score (nSPS) is 14.3. The zero-order valence-electron chi connectivity index (χ0n) is 11.3. The van der Waals surface area contributed by atoms with Crippen LogP contribution in [0.4, 0.5) is 16.3 Å². The van der Waals surface area contributed by atoms with Crippen LogP contribution in [-0.2, 0) is 0 Å². The number of halogens is 1. The van der Waals surface area contributed by atoms with Gasteiger partial charge in [0, 0.05) is 19.2 Å². The first-order valence-electron chi connectivity index (χ1n) is 6.65. The molecule has 0 amide bonds. The number of ether oxygens (including phenoxy) is 1. The Morgan fingerprint density at radius 3 is 2.71 bits per heavy atom. The fourth-order valence-electron chi connectivity index (χ4n) is 2.15. The first-order chi connectivity index (χ1) is 10.2. The third kappa shape index (κ3) is 3.16. The van der Waals surface area contributed by atoms with Gasteiger partial charge in [-0.25, -0.2) is 10.2 Å². The van der Waals surface area contributed by atoms with Crippen LogP contribution < -0.4 is 20.9 Å². The van der Waals surface area contributed by atoms with Gasteiger partial charge in [-0.05, 0) is 25.0 Å². The molecule has 0 spiro atoms. The van der Waals surface area contributed by atoms with Gasteiger partial charge < -0.3 is 9.64 Å². The lowest BCUT2D eigenvalue weighted by molar-refractivity contribution is 0.436. The molecule has 1 fully saturated rings. The number of aromatic nitrogens is 3. The van der Waals surface area contributed by atoms with E-state index in [0.717, 1.165) is 25.9 Å². The van der Waals surface area contributed by atoms with Crippen molar-refractivity contribution in [3.63, 3.8) is 0 Å². The summed E-state index contributed by atoms with van der Waals surface area (Å²) in [6.07, 6.45) is 2.19. The second-order valence-corrected chi connectivity index (χ2v) is 4.64. The van der Waals surface area contributed by atoms with Gasteiger partial charge in [-0.2, -0.15) is 15.0 Å². The first-order valence-corrected chi connectivity index (χ1v) is 6.65. The largest absolute Gasteiger partial charge is 0.424 e.